The molecule has 2 aromatic rings. The molecule has 98 valence electrons. The molecule has 2 atom stereocenters. The summed E-state index contributed by atoms with van der Waals surface area (Å²) in [5.41, 5.74) is 6.94. The van der Waals surface area contributed by atoms with E-state index in [1.165, 1.54) is 0 Å². The average Bonchev–Trinajstić information content (AvgIpc) is 2.90. The summed E-state index contributed by atoms with van der Waals surface area (Å²) in [4.78, 5) is 2.11. The first-order valence-electron chi connectivity index (χ1n) is 5.99. The molecule has 2 unspecified atom stereocenters. The van der Waals surface area contributed by atoms with Crippen LogP contribution in [0.1, 0.15) is 30.2 Å². The van der Waals surface area contributed by atoms with E-state index >= 15 is 0 Å². The van der Waals surface area contributed by atoms with E-state index < -0.39 is 0 Å². The molecule has 0 bridgehead atoms. The van der Waals surface area contributed by atoms with Crippen LogP contribution in [0.3, 0.4) is 0 Å². The first kappa shape index (κ1) is 12.9. The molecule has 2 heterocycles. The van der Waals surface area contributed by atoms with Gasteiger partial charge in [0.1, 0.15) is 11.5 Å². The number of nitrogens with two attached hydrogens (primary N) is 1. The topological polar surface area (TPSA) is 68.4 Å². The Balaban J connectivity index is 2.11. The Bertz CT molecular complexity index is 476. The van der Waals surface area contributed by atoms with Gasteiger partial charge in [0.15, 0.2) is 0 Å². The number of hydrogen-bond donors (Lipinski definition) is 1. The maximum absolute atomic E-state index is 6.04. The van der Waals surface area contributed by atoms with Gasteiger partial charge in [-0.3, -0.25) is 4.90 Å². The highest BCUT2D eigenvalue weighted by Gasteiger charge is 2.24. The monoisotopic (exact) mass is 249 g/mol. The molecule has 0 aromatic carbocycles. The van der Waals surface area contributed by atoms with E-state index in [0.717, 1.165) is 17.2 Å². The number of likely N-dealkylation sites (N-methyl/N-ethyl adjacent to an activating group) is 1. The SMILES string of the molecule is Cc1cc(CN(C)C(c2ccco2)C(C)N)no1. The highest BCUT2D eigenvalue weighted by atomic mass is 16.5. The molecule has 0 aliphatic carbocycles. The van der Waals surface area contributed by atoms with Gasteiger partial charge in [0.05, 0.1) is 18.0 Å². The zero-order valence-electron chi connectivity index (χ0n) is 11.0. The molecule has 2 aromatic heterocycles. The summed E-state index contributed by atoms with van der Waals surface area (Å²) in [6.07, 6.45) is 1.67. The van der Waals surface area contributed by atoms with Gasteiger partial charge in [-0.1, -0.05) is 5.16 Å². The third-order valence-corrected chi connectivity index (χ3v) is 2.90. The fraction of sp³-hybridized carbons (Fsp3) is 0.462. The van der Waals surface area contributed by atoms with Gasteiger partial charge in [-0.05, 0) is 33.0 Å². The normalized spacial score (nSPS) is 14.9. The smallest absolute Gasteiger partial charge is 0.133 e. The van der Waals surface area contributed by atoms with E-state index in [9.17, 15) is 0 Å². The van der Waals surface area contributed by atoms with Gasteiger partial charge >= 0.3 is 0 Å². The van der Waals surface area contributed by atoms with E-state index in [1.807, 2.05) is 39.1 Å². The van der Waals surface area contributed by atoms with E-state index in [2.05, 4.69) is 10.1 Å². The average molecular weight is 249 g/mol. The number of aromatic nitrogens is 1. The molecular formula is C13H19N3O2. The number of nitrogens with zero attached hydrogens (tertiary/aromatic N) is 2. The van der Waals surface area contributed by atoms with Crippen LogP contribution < -0.4 is 5.73 Å². The third-order valence-electron chi connectivity index (χ3n) is 2.90. The van der Waals surface area contributed by atoms with E-state index in [4.69, 9.17) is 14.7 Å². The summed E-state index contributed by atoms with van der Waals surface area (Å²) in [5.74, 6) is 1.68. The maximum Gasteiger partial charge on any atom is 0.133 e. The molecule has 0 amide bonds. The van der Waals surface area contributed by atoms with Crippen LogP contribution in [0, 0.1) is 6.92 Å². The van der Waals surface area contributed by atoms with Gasteiger partial charge in [0.25, 0.3) is 0 Å². The predicted octanol–water partition coefficient (Wildman–Crippen LogP) is 2.10. The van der Waals surface area contributed by atoms with Crippen LogP contribution in [0.25, 0.3) is 0 Å². The lowest BCUT2D eigenvalue weighted by Gasteiger charge is -2.28. The summed E-state index contributed by atoms with van der Waals surface area (Å²) in [7, 11) is 2.00. The zero-order chi connectivity index (χ0) is 13.1. The van der Waals surface area contributed by atoms with Crippen molar-refractivity contribution in [1.82, 2.24) is 10.1 Å². The van der Waals surface area contributed by atoms with Gasteiger partial charge in [0.2, 0.25) is 0 Å². The molecule has 0 fully saturated rings. The second kappa shape index (κ2) is 5.37. The summed E-state index contributed by atoms with van der Waals surface area (Å²) >= 11 is 0. The van der Waals surface area contributed by atoms with Crippen molar-refractivity contribution in [3.05, 3.63) is 41.7 Å². The second-order valence-electron chi connectivity index (χ2n) is 4.66. The summed E-state index contributed by atoms with van der Waals surface area (Å²) in [6, 6.07) is 5.74. The Morgan fingerprint density at radius 2 is 2.28 bits per heavy atom. The van der Waals surface area contributed by atoms with Gasteiger partial charge in [-0.2, -0.15) is 0 Å². The van der Waals surface area contributed by atoms with E-state index in [1.54, 1.807) is 6.26 Å². The number of rotatable bonds is 5. The van der Waals surface area contributed by atoms with Crippen molar-refractivity contribution in [2.45, 2.75) is 32.5 Å². The number of hydrogen-bond acceptors (Lipinski definition) is 5. The van der Waals surface area contributed by atoms with Crippen molar-refractivity contribution < 1.29 is 8.94 Å². The maximum atomic E-state index is 6.04. The van der Waals surface area contributed by atoms with Crippen LogP contribution >= 0.6 is 0 Å². The number of furan rings is 1. The van der Waals surface area contributed by atoms with Gasteiger partial charge in [-0.15, -0.1) is 0 Å². The minimum Gasteiger partial charge on any atom is -0.468 e. The van der Waals surface area contributed by atoms with Crippen molar-refractivity contribution in [2.24, 2.45) is 5.73 Å². The third kappa shape index (κ3) is 2.80. The molecular weight excluding hydrogens is 230 g/mol. The van der Waals surface area contributed by atoms with Crippen LogP contribution in [-0.4, -0.2) is 23.1 Å². The fourth-order valence-electron chi connectivity index (χ4n) is 2.18. The summed E-state index contributed by atoms with van der Waals surface area (Å²) < 4.78 is 10.5. The lowest BCUT2D eigenvalue weighted by atomic mass is 10.1. The van der Waals surface area contributed by atoms with Crippen LogP contribution in [0.15, 0.2) is 33.4 Å². The van der Waals surface area contributed by atoms with Crippen molar-refractivity contribution in [1.29, 1.82) is 0 Å². The molecule has 0 spiro atoms. The summed E-state index contributed by atoms with van der Waals surface area (Å²) in [6.45, 7) is 4.52. The first-order valence-corrected chi connectivity index (χ1v) is 5.99. The van der Waals surface area contributed by atoms with Crippen molar-refractivity contribution >= 4 is 0 Å². The predicted molar refractivity (Wildman–Crippen MR) is 67.8 cm³/mol. The highest BCUT2D eigenvalue weighted by molar-refractivity contribution is 5.09. The van der Waals surface area contributed by atoms with E-state index in [0.29, 0.717) is 6.54 Å². The molecule has 0 saturated carbocycles. The van der Waals surface area contributed by atoms with E-state index in [-0.39, 0.29) is 12.1 Å². The van der Waals surface area contributed by atoms with Crippen molar-refractivity contribution in [3.8, 4) is 0 Å². The minimum atomic E-state index is -0.0332. The quantitative estimate of drug-likeness (QED) is 0.878. The lowest BCUT2D eigenvalue weighted by Crippen LogP contribution is -2.36. The molecule has 5 heteroatoms. The lowest BCUT2D eigenvalue weighted by molar-refractivity contribution is 0.179. The first-order chi connectivity index (χ1) is 8.58. The van der Waals surface area contributed by atoms with Gasteiger partial charge in [-0.25, -0.2) is 0 Å². The van der Waals surface area contributed by atoms with Crippen molar-refractivity contribution in [2.75, 3.05) is 7.05 Å². The zero-order valence-corrected chi connectivity index (χ0v) is 11.0. The Morgan fingerprint density at radius 3 is 2.78 bits per heavy atom. The Morgan fingerprint density at radius 1 is 1.50 bits per heavy atom. The van der Waals surface area contributed by atoms with Crippen molar-refractivity contribution in [3.63, 3.8) is 0 Å². The van der Waals surface area contributed by atoms with Crippen LogP contribution in [0.2, 0.25) is 0 Å². The van der Waals surface area contributed by atoms with Crippen LogP contribution in [0.5, 0.6) is 0 Å². The molecule has 18 heavy (non-hydrogen) atoms. The van der Waals surface area contributed by atoms with Gasteiger partial charge in [0, 0.05) is 18.7 Å². The minimum absolute atomic E-state index is 0.0250. The molecule has 0 saturated heterocycles. The van der Waals surface area contributed by atoms with Crippen LogP contribution in [0.4, 0.5) is 0 Å². The largest absolute Gasteiger partial charge is 0.468 e. The Hall–Kier alpha value is -1.59. The highest BCUT2D eigenvalue weighted by Crippen LogP contribution is 2.24. The molecule has 5 nitrogen and oxygen atoms in total. The van der Waals surface area contributed by atoms with Gasteiger partial charge < -0.3 is 14.7 Å². The summed E-state index contributed by atoms with van der Waals surface area (Å²) in [5, 5.41) is 3.99. The standard InChI is InChI=1S/C13H19N3O2/c1-9-7-11(15-18-9)8-16(3)13(10(2)14)12-5-4-6-17-12/h4-7,10,13H,8,14H2,1-3H3. The van der Waals surface area contributed by atoms with Crippen LogP contribution in [-0.2, 0) is 6.54 Å². The Labute approximate surface area is 107 Å². The number of aryl methyl sites for hydroxylation is 1. The molecule has 2 rings (SSSR count). The fourth-order valence-corrected chi connectivity index (χ4v) is 2.18. The molecule has 0 aliphatic rings. The molecule has 0 aliphatic heterocycles. The molecule has 0 radical (unpaired) electrons. The molecule has 2 N–H and O–H groups in total. The second-order valence-corrected chi connectivity index (χ2v) is 4.66. The Kier molecular flexibility index (Phi) is 3.84.